The van der Waals surface area contributed by atoms with Crippen molar-refractivity contribution in [2.75, 3.05) is 12.8 Å². The summed E-state index contributed by atoms with van der Waals surface area (Å²) in [5.74, 6) is -0.113. The highest BCUT2D eigenvalue weighted by Gasteiger charge is 2.13. The van der Waals surface area contributed by atoms with Crippen molar-refractivity contribution in [2.24, 2.45) is 0 Å². The molecule has 0 fully saturated rings. The standard InChI is InChI=1S/C15H20FN3O/c1-4-12-15(17)13(5-2)19(18-12)9-10-6-7-14(20-3)11(16)8-10/h6-8H,4-5,9,17H2,1-3H3. The van der Waals surface area contributed by atoms with Crippen LogP contribution in [0.1, 0.15) is 30.8 Å². The van der Waals surface area contributed by atoms with Crippen LogP contribution in [-0.2, 0) is 19.4 Å². The van der Waals surface area contributed by atoms with E-state index in [0.29, 0.717) is 6.54 Å². The summed E-state index contributed by atoms with van der Waals surface area (Å²) >= 11 is 0. The summed E-state index contributed by atoms with van der Waals surface area (Å²) in [5, 5.41) is 4.50. The lowest BCUT2D eigenvalue weighted by Crippen LogP contribution is -2.07. The number of aryl methyl sites for hydroxylation is 1. The molecule has 0 atom stereocenters. The van der Waals surface area contributed by atoms with E-state index in [0.717, 1.165) is 35.5 Å². The molecule has 0 bridgehead atoms. The molecule has 0 aliphatic heterocycles. The van der Waals surface area contributed by atoms with Gasteiger partial charge in [0.15, 0.2) is 11.6 Å². The second-order valence-electron chi connectivity index (χ2n) is 4.64. The predicted molar refractivity (Wildman–Crippen MR) is 77.4 cm³/mol. The zero-order valence-electron chi connectivity index (χ0n) is 12.1. The maximum Gasteiger partial charge on any atom is 0.165 e. The molecule has 0 amide bonds. The normalized spacial score (nSPS) is 10.8. The third kappa shape index (κ3) is 2.61. The summed E-state index contributed by atoms with van der Waals surface area (Å²) in [4.78, 5) is 0. The average molecular weight is 277 g/mol. The first-order valence-corrected chi connectivity index (χ1v) is 6.77. The topological polar surface area (TPSA) is 53.1 Å². The fraction of sp³-hybridized carbons (Fsp3) is 0.400. The van der Waals surface area contributed by atoms with Gasteiger partial charge < -0.3 is 10.5 Å². The molecule has 4 nitrogen and oxygen atoms in total. The third-order valence-electron chi connectivity index (χ3n) is 3.39. The molecule has 0 saturated carbocycles. The summed E-state index contributed by atoms with van der Waals surface area (Å²) in [7, 11) is 1.45. The van der Waals surface area contributed by atoms with E-state index in [9.17, 15) is 4.39 Å². The molecule has 2 rings (SSSR count). The van der Waals surface area contributed by atoms with Crippen molar-refractivity contribution in [3.63, 3.8) is 0 Å². The number of aromatic nitrogens is 2. The van der Waals surface area contributed by atoms with E-state index in [4.69, 9.17) is 10.5 Å². The van der Waals surface area contributed by atoms with E-state index in [1.54, 1.807) is 6.07 Å². The highest BCUT2D eigenvalue weighted by atomic mass is 19.1. The van der Waals surface area contributed by atoms with Gasteiger partial charge >= 0.3 is 0 Å². The van der Waals surface area contributed by atoms with Crippen LogP contribution in [-0.4, -0.2) is 16.9 Å². The van der Waals surface area contributed by atoms with Crippen LogP contribution in [0.3, 0.4) is 0 Å². The second-order valence-corrected chi connectivity index (χ2v) is 4.64. The number of benzene rings is 1. The molecule has 0 saturated heterocycles. The monoisotopic (exact) mass is 277 g/mol. The van der Waals surface area contributed by atoms with Crippen molar-refractivity contribution < 1.29 is 9.13 Å². The maximum atomic E-state index is 13.7. The number of halogens is 1. The Bertz CT molecular complexity index is 607. The highest BCUT2D eigenvalue weighted by molar-refractivity contribution is 5.48. The molecular weight excluding hydrogens is 257 g/mol. The molecule has 0 aliphatic rings. The van der Waals surface area contributed by atoms with Crippen molar-refractivity contribution in [3.05, 3.63) is 41.0 Å². The van der Waals surface area contributed by atoms with E-state index >= 15 is 0 Å². The zero-order chi connectivity index (χ0) is 14.7. The van der Waals surface area contributed by atoms with Crippen molar-refractivity contribution in [2.45, 2.75) is 33.2 Å². The minimum Gasteiger partial charge on any atom is -0.494 e. The SMILES string of the molecule is CCc1nn(Cc2ccc(OC)c(F)c2)c(CC)c1N. The van der Waals surface area contributed by atoms with Gasteiger partial charge in [0.25, 0.3) is 0 Å². The lowest BCUT2D eigenvalue weighted by Gasteiger charge is -2.08. The molecule has 2 N–H and O–H groups in total. The van der Waals surface area contributed by atoms with Crippen LogP contribution in [0.4, 0.5) is 10.1 Å². The highest BCUT2D eigenvalue weighted by Crippen LogP contribution is 2.22. The average Bonchev–Trinajstić information content (AvgIpc) is 2.74. The van der Waals surface area contributed by atoms with Crippen LogP contribution >= 0.6 is 0 Å². The third-order valence-corrected chi connectivity index (χ3v) is 3.39. The van der Waals surface area contributed by atoms with Crippen LogP contribution in [0.25, 0.3) is 0 Å². The Morgan fingerprint density at radius 1 is 1.30 bits per heavy atom. The number of nitrogens with zero attached hydrogens (tertiary/aromatic N) is 2. The quantitative estimate of drug-likeness (QED) is 0.914. The smallest absolute Gasteiger partial charge is 0.165 e. The second kappa shape index (κ2) is 5.94. The zero-order valence-corrected chi connectivity index (χ0v) is 12.1. The molecular formula is C15H20FN3O. The summed E-state index contributed by atoms with van der Waals surface area (Å²) in [5.41, 5.74) is 9.56. The predicted octanol–water partition coefficient (Wildman–Crippen LogP) is 2.79. The number of nitrogen functional groups attached to an aromatic ring is 1. The maximum absolute atomic E-state index is 13.7. The van der Waals surface area contributed by atoms with E-state index in [-0.39, 0.29) is 11.6 Å². The Labute approximate surface area is 118 Å². The summed E-state index contributed by atoms with van der Waals surface area (Å²) in [6.45, 7) is 4.57. The van der Waals surface area contributed by atoms with E-state index < -0.39 is 0 Å². The van der Waals surface area contributed by atoms with Crippen LogP contribution in [0.2, 0.25) is 0 Å². The summed E-state index contributed by atoms with van der Waals surface area (Å²) in [6, 6.07) is 4.94. The van der Waals surface area contributed by atoms with Crippen molar-refractivity contribution in [1.82, 2.24) is 9.78 Å². The Hall–Kier alpha value is -2.04. The molecule has 0 unspecified atom stereocenters. The lowest BCUT2D eigenvalue weighted by atomic mass is 10.2. The first-order valence-electron chi connectivity index (χ1n) is 6.77. The van der Waals surface area contributed by atoms with E-state index in [1.165, 1.54) is 13.2 Å². The van der Waals surface area contributed by atoms with E-state index in [2.05, 4.69) is 5.10 Å². The minimum atomic E-state index is -0.362. The first kappa shape index (κ1) is 14.4. The van der Waals surface area contributed by atoms with Crippen molar-refractivity contribution in [1.29, 1.82) is 0 Å². The molecule has 0 radical (unpaired) electrons. The fourth-order valence-corrected chi connectivity index (χ4v) is 2.31. The Morgan fingerprint density at radius 3 is 2.60 bits per heavy atom. The van der Waals surface area contributed by atoms with Gasteiger partial charge in [0.2, 0.25) is 0 Å². The largest absolute Gasteiger partial charge is 0.494 e. The van der Waals surface area contributed by atoms with Gasteiger partial charge in [-0.2, -0.15) is 5.10 Å². The Kier molecular flexibility index (Phi) is 4.27. The van der Waals surface area contributed by atoms with Gasteiger partial charge in [-0.05, 0) is 30.5 Å². The molecule has 20 heavy (non-hydrogen) atoms. The summed E-state index contributed by atoms with van der Waals surface area (Å²) in [6.07, 6.45) is 1.60. The molecule has 2 aromatic rings. The van der Waals surface area contributed by atoms with Crippen LogP contribution in [0.15, 0.2) is 18.2 Å². The number of anilines is 1. The molecule has 0 aliphatic carbocycles. The molecule has 1 heterocycles. The molecule has 1 aromatic carbocycles. The number of nitrogens with two attached hydrogens (primary N) is 1. The number of rotatable bonds is 5. The molecule has 0 spiro atoms. The van der Waals surface area contributed by atoms with Gasteiger partial charge in [-0.15, -0.1) is 0 Å². The van der Waals surface area contributed by atoms with Gasteiger partial charge in [-0.25, -0.2) is 4.39 Å². The van der Waals surface area contributed by atoms with Gasteiger partial charge in [-0.3, -0.25) is 4.68 Å². The van der Waals surface area contributed by atoms with Crippen LogP contribution in [0.5, 0.6) is 5.75 Å². The number of hydrogen-bond acceptors (Lipinski definition) is 3. The van der Waals surface area contributed by atoms with Gasteiger partial charge in [-0.1, -0.05) is 19.9 Å². The number of hydrogen-bond donors (Lipinski definition) is 1. The van der Waals surface area contributed by atoms with Gasteiger partial charge in [0, 0.05) is 0 Å². The van der Waals surface area contributed by atoms with Crippen LogP contribution in [0, 0.1) is 5.82 Å². The van der Waals surface area contributed by atoms with Gasteiger partial charge in [0.05, 0.1) is 30.7 Å². The summed E-state index contributed by atoms with van der Waals surface area (Å²) < 4.78 is 20.5. The van der Waals surface area contributed by atoms with Crippen LogP contribution < -0.4 is 10.5 Å². The molecule has 5 heteroatoms. The first-order chi connectivity index (χ1) is 9.60. The number of methoxy groups -OCH3 is 1. The van der Waals surface area contributed by atoms with Crippen molar-refractivity contribution >= 4 is 5.69 Å². The number of ether oxygens (including phenoxy) is 1. The van der Waals surface area contributed by atoms with Gasteiger partial charge in [0.1, 0.15) is 0 Å². The molecule has 1 aromatic heterocycles. The Morgan fingerprint density at radius 2 is 2.05 bits per heavy atom. The fourth-order valence-electron chi connectivity index (χ4n) is 2.31. The minimum absolute atomic E-state index is 0.249. The lowest BCUT2D eigenvalue weighted by molar-refractivity contribution is 0.386. The molecule has 108 valence electrons. The van der Waals surface area contributed by atoms with E-state index in [1.807, 2.05) is 24.6 Å². The Balaban J connectivity index is 2.32. The van der Waals surface area contributed by atoms with Crippen molar-refractivity contribution in [3.8, 4) is 5.75 Å².